The van der Waals surface area contributed by atoms with Crippen LogP contribution >= 0.6 is 11.8 Å². The Morgan fingerprint density at radius 1 is 1.17 bits per heavy atom. The zero-order valence-electron chi connectivity index (χ0n) is 13.1. The van der Waals surface area contributed by atoms with Crippen LogP contribution in [0.1, 0.15) is 11.3 Å². The van der Waals surface area contributed by atoms with E-state index in [0.717, 1.165) is 41.4 Å². The Balaban J connectivity index is 1.60. The van der Waals surface area contributed by atoms with E-state index in [1.54, 1.807) is 24.7 Å². The fourth-order valence-electron chi connectivity index (χ4n) is 2.67. The highest BCUT2D eigenvalue weighted by Gasteiger charge is 2.20. The van der Waals surface area contributed by atoms with Crippen molar-refractivity contribution >= 4 is 11.8 Å². The molecule has 4 rings (SSSR count). The van der Waals surface area contributed by atoms with Gasteiger partial charge in [-0.3, -0.25) is 0 Å². The summed E-state index contributed by atoms with van der Waals surface area (Å²) in [5, 5.41) is 1.39. The summed E-state index contributed by atoms with van der Waals surface area (Å²) >= 11 is 1.39. The summed E-state index contributed by atoms with van der Waals surface area (Å²) in [7, 11) is 2.09. The van der Waals surface area contributed by atoms with Gasteiger partial charge in [0.15, 0.2) is 5.76 Å². The van der Waals surface area contributed by atoms with Crippen LogP contribution in [0.2, 0.25) is 0 Å². The number of hydrogen-bond acceptors (Lipinski definition) is 6. The van der Waals surface area contributed by atoms with Crippen LogP contribution in [0.3, 0.4) is 0 Å². The van der Waals surface area contributed by atoms with Crippen LogP contribution in [-0.2, 0) is 13.0 Å². The highest BCUT2D eigenvalue weighted by molar-refractivity contribution is 7.99. The summed E-state index contributed by atoms with van der Waals surface area (Å²) in [6, 6.07) is 6.15. The lowest BCUT2D eigenvalue weighted by atomic mass is 10.1. The van der Waals surface area contributed by atoms with Crippen molar-refractivity contribution in [3.8, 4) is 11.3 Å². The molecule has 122 valence electrons. The van der Waals surface area contributed by atoms with Crippen molar-refractivity contribution in [2.45, 2.75) is 23.2 Å². The average molecular weight is 342 g/mol. The number of rotatable bonds is 3. The predicted octanol–water partition coefficient (Wildman–Crippen LogP) is 3.41. The summed E-state index contributed by atoms with van der Waals surface area (Å²) in [5.74, 6) is 0.335. The second-order valence-corrected chi connectivity index (χ2v) is 6.63. The molecule has 0 aliphatic carbocycles. The SMILES string of the molecule is CN1CCc2ncnc(Sc3ncc(-c4ccc(F)cc4)o3)c2C1. The summed E-state index contributed by atoms with van der Waals surface area (Å²) in [6.45, 7) is 1.83. The zero-order chi connectivity index (χ0) is 16.5. The molecule has 1 aromatic carbocycles. The molecule has 0 unspecified atom stereocenters. The summed E-state index contributed by atoms with van der Waals surface area (Å²) < 4.78 is 18.8. The minimum atomic E-state index is -0.274. The van der Waals surface area contributed by atoms with Crippen LogP contribution in [0, 0.1) is 5.82 Å². The Morgan fingerprint density at radius 2 is 2.00 bits per heavy atom. The van der Waals surface area contributed by atoms with Crippen molar-refractivity contribution in [3.63, 3.8) is 0 Å². The maximum absolute atomic E-state index is 13.0. The number of aromatic nitrogens is 3. The lowest BCUT2D eigenvalue weighted by Crippen LogP contribution is -2.28. The number of likely N-dealkylation sites (N-methyl/N-ethyl adjacent to an activating group) is 1. The Hall–Kier alpha value is -2.25. The number of benzene rings is 1. The third-order valence-electron chi connectivity index (χ3n) is 3.95. The van der Waals surface area contributed by atoms with Crippen molar-refractivity contribution in [1.29, 1.82) is 0 Å². The molecule has 1 aliphatic heterocycles. The molecule has 0 saturated carbocycles. The van der Waals surface area contributed by atoms with Gasteiger partial charge >= 0.3 is 0 Å². The number of hydrogen-bond donors (Lipinski definition) is 0. The number of oxazole rings is 1. The van der Waals surface area contributed by atoms with Gasteiger partial charge in [-0.2, -0.15) is 0 Å². The third kappa shape index (κ3) is 3.05. The second-order valence-electron chi connectivity index (χ2n) is 5.69. The van der Waals surface area contributed by atoms with Crippen molar-refractivity contribution in [2.24, 2.45) is 0 Å². The maximum Gasteiger partial charge on any atom is 0.262 e. The van der Waals surface area contributed by atoms with Gasteiger partial charge in [0.1, 0.15) is 17.2 Å². The topological polar surface area (TPSA) is 55.1 Å². The first-order valence-corrected chi connectivity index (χ1v) is 8.41. The van der Waals surface area contributed by atoms with Gasteiger partial charge in [-0.15, -0.1) is 0 Å². The van der Waals surface area contributed by atoms with Gasteiger partial charge in [0.05, 0.1) is 11.9 Å². The van der Waals surface area contributed by atoms with Crippen LogP contribution in [0.25, 0.3) is 11.3 Å². The molecular formula is C17H15FN4OS. The average Bonchev–Trinajstić information content (AvgIpc) is 3.05. The van der Waals surface area contributed by atoms with Gasteiger partial charge in [0, 0.05) is 30.6 Å². The highest BCUT2D eigenvalue weighted by atomic mass is 32.2. The molecule has 0 bridgehead atoms. The lowest BCUT2D eigenvalue weighted by Gasteiger charge is -2.24. The van der Waals surface area contributed by atoms with Crippen molar-refractivity contribution < 1.29 is 8.81 Å². The quantitative estimate of drug-likeness (QED) is 0.680. The third-order valence-corrected chi connectivity index (χ3v) is 4.86. The van der Waals surface area contributed by atoms with E-state index in [0.29, 0.717) is 11.0 Å². The van der Waals surface area contributed by atoms with Crippen molar-refractivity contribution in [2.75, 3.05) is 13.6 Å². The molecule has 0 radical (unpaired) electrons. The fraction of sp³-hybridized carbons (Fsp3) is 0.235. The van der Waals surface area contributed by atoms with E-state index >= 15 is 0 Å². The molecule has 3 aromatic rings. The molecule has 1 aliphatic rings. The van der Waals surface area contributed by atoms with E-state index in [-0.39, 0.29) is 5.82 Å². The van der Waals surface area contributed by atoms with Crippen LogP contribution in [0.4, 0.5) is 4.39 Å². The summed E-state index contributed by atoms with van der Waals surface area (Å²) in [4.78, 5) is 15.3. The normalized spacial score (nSPS) is 14.6. The molecule has 5 nitrogen and oxygen atoms in total. The molecule has 0 atom stereocenters. The van der Waals surface area contributed by atoms with E-state index in [1.807, 2.05) is 0 Å². The van der Waals surface area contributed by atoms with E-state index in [1.165, 1.54) is 23.9 Å². The van der Waals surface area contributed by atoms with Gasteiger partial charge in [0.25, 0.3) is 5.22 Å². The van der Waals surface area contributed by atoms with E-state index in [2.05, 4.69) is 26.9 Å². The van der Waals surface area contributed by atoms with Crippen LogP contribution < -0.4 is 0 Å². The molecule has 3 heterocycles. The minimum Gasteiger partial charge on any atom is -0.431 e. The first kappa shape index (κ1) is 15.3. The van der Waals surface area contributed by atoms with Crippen molar-refractivity contribution in [1.82, 2.24) is 19.9 Å². The van der Waals surface area contributed by atoms with E-state index < -0.39 is 0 Å². The zero-order valence-corrected chi connectivity index (χ0v) is 13.9. The largest absolute Gasteiger partial charge is 0.431 e. The lowest BCUT2D eigenvalue weighted by molar-refractivity contribution is 0.305. The second kappa shape index (κ2) is 6.33. The molecule has 2 aromatic heterocycles. The fourth-order valence-corrected chi connectivity index (χ4v) is 3.48. The van der Waals surface area contributed by atoms with Crippen LogP contribution in [0.15, 0.2) is 51.5 Å². The van der Waals surface area contributed by atoms with Gasteiger partial charge in [-0.05, 0) is 43.1 Å². The monoisotopic (exact) mass is 342 g/mol. The molecular weight excluding hydrogens is 327 g/mol. The number of halogens is 1. The van der Waals surface area contributed by atoms with E-state index in [4.69, 9.17) is 4.42 Å². The minimum absolute atomic E-state index is 0.274. The molecule has 0 saturated heterocycles. The molecule has 7 heteroatoms. The van der Waals surface area contributed by atoms with Gasteiger partial charge in [-0.25, -0.2) is 19.3 Å². The van der Waals surface area contributed by atoms with Crippen LogP contribution in [0.5, 0.6) is 0 Å². The Morgan fingerprint density at radius 3 is 2.83 bits per heavy atom. The first-order valence-electron chi connectivity index (χ1n) is 7.60. The molecule has 0 spiro atoms. The van der Waals surface area contributed by atoms with Gasteiger partial charge in [0.2, 0.25) is 0 Å². The molecule has 0 fully saturated rings. The van der Waals surface area contributed by atoms with Crippen molar-refractivity contribution in [3.05, 3.63) is 53.9 Å². The molecule has 0 N–H and O–H groups in total. The molecule has 24 heavy (non-hydrogen) atoms. The summed E-state index contributed by atoms with van der Waals surface area (Å²) in [6.07, 6.45) is 4.17. The number of nitrogens with zero attached hydrogens (tertiary/aromatic N) is 4. The summed E-state index contributed by atoms with van der Waals surface area (Å²) in [5.41, 5.74) is 3.02. The van der Waals surface area contributed by atoms with E-state index in [9.17, 15) is 4.39 Å². The number of fused-ring (bicyclic) bond motifs is 1. The smallest absolute Gasteiger partial charge is 0.262 e. The van der Waals surface area contributed by atoms with Gasteiger partial charge < -0.3 is 9.32 Å². The Bertz CT molecular complexity index is 865. The first-order chi connectivity index (χ1) is 11.7. The molecule has 0 amide bonds. The predicted molar refractivity (Wildman–Crippen MR) is 88.1 cm³/mol. The highest BCUT2D eigenvalue weighted by Crippen LogP contribution is 2.33. The Labute approximate surface area is 143 Å². The Kier molecular flexibility index (Phi) is 4.03. The maximum atomic E-state index is 13.0. The van der Waals surface area contributed by atoms with Crippen LogP contribution in [-0.4, -0.2) is 33.4 Å². The van der Waals surface area contributed by atoms with Gasteiger partial charge in [-0.1, -0.05) is 0 Å². The standard InChI is InChI=1S/C17H15FN4OS/c1-22-7-6-14-13(9-22)16(21-10-20-14)24-17-19-8-15(23-17)11-2-4-12(18)5-3-11/h2-5,8,10H,6-7,9H2,1H3.